The Morgan fingerprint density at radius 1 is 1.00 bits per heavy atom. The van der Waals surface area contributed by atoms with Gasteiger partial charge in [0, 0.05) is 45.4 Å². The van der Waals surface area contributed by atoms with Gasteiger partial charge in [0.05, 0.1) is 0 Å². The molecule has 0 aromatic rings. The first-order valence-electron chi connectivity index (χ1n) is 7.22. The Balaban J connectivity index is 0.000000686. The van der Waals surface area contributed by atoms with Gasteiger partial charge in [-0.3, -0.25) is 9.80 Å². The number of likely N-dealkylation sites (N-methyl/N-ethyl adjacent to an activating group) is 1. The molecule has 4 nitrogen and oxygen atoms in total. The van der Waals surface area contributed by atoms with Crippen molar-refractivity contribution < 1.29 is 0 Å². The van der Waals surface area contributed by atoms with Gasteiger partial charge in [0.15, 0.2) is 0 Å². The van der Waals surface area contributed by atoms with Gasteiger partial charge in [-0.15, -0.1) is 0 Å². The van der Waals surface area contributed by atoms with Crippen molar-refractivity contribution in [1.82, 2.24) is 14.7 Å². The molecule has 0 bridgehead atoms. The molecular formula is C13H30N4. The van der Waals surface area contributed by atoms with Crippen LogP contribution in [0.2, 0.25) is 0 Å². The standard InChI is InChI=1S/C11H24N4.C2H6/c1-2-13-4-3-11(9-13)15-7-5-14(10-12)6-8-15;1-2/h11H,2-10,12H2,1H3;1-2H3. The fraction of sp³-hybridized carbons (Fsp3) is 1.00. The van der Waals surface area contributed by atoms with Crippen molar-refractivity contribution in [2.24, 2.45) is 5.73 Å². The van der Waals surface area contributed by atoms with Crippen molar-refractivity contribution in [2.75, 3.05) is 52.5 Å². The maximum Gasteiger partial charge on any atom is 0.0456 e. The zero-order valence-corrected chi connectivity index (χ0v) is 11.9. The van der Waals surface area contributed by atoms with Crippen LogP contribution < -0.4 is 5.73 Å². The van der Waals surface area contributed by atoms with Crippen LogP contribution in [0.15, 0.2) is 0 Å². The largest absolute Gasteiger partial charge is 0.318 e. The fourth-order valence-corrected chi connectivity index (χ4v) is 2.71. The molecule has 2 rings (SSSR count). The summed E-state index contributed by atoms with van der Waals surface area (Å²) in [6.07, 6.45) is 1.36. The number of likely N-dealkylation sites (tertiary alicyclic amines) is 1. The van der Waals surface area contributed by atoms with E-state index in [0.717, 1.165) is 25.8 Å². The molecule has 0 amide bonds. The van der Waals surface area contributed by atoms with E-state index in [4.69, 9.17) is 5.73 Å². The van der Waals surface area contributed by atoms with Crippen molar-refractivity contribution in [3.8, 4) is 0 Å². The van der Waals surface area contributed by atoms with Crippen LogP contribution in [0.25, 0.3) is 0 Å². The zero-order chi connectivity index (χ0) is 12.7. The topological polar surface area (TPSA) is 35.7 Å². The summed E-state index contributed by atoms with van der Waals surface area (Å²) in [7, 11) is 0. The number of hydrogen-bond donors (Lipinski definition) is 1. The van der Waals surface area contributed by atoms with Gasteiger partial charge in [-0.2, -0.15) is 0 Å². The van der Waals surface area contributed by atoms with Gasteiger partial charge < -0.3 is 10.6 Å². The van der Waals surface area contributed by atoms with Gasteiger partial charge in [-0.1, -0.05) is 20.8 Å². The van der Waals surface area contributed by atoms with Gasteiger partial charge in [-0.05, 0) is 19.5 Å². The third-order valence-electron chi connectivity index (χ3n) is 3.88. The van der Waals surface area contributed by atoms with Crippen molar-refractivity contribution >= 4 is 0 Å². The molecule has 2 fully saturated rings. The van der Waals surface area contributed by atoms with Crippen LogP contribution >= 0.6 is 0 Å². The normalized spacial score (nSPS) is 27.9. The van der Waals surface area contributed by atoms with Crippen LogP contribution in [0.1, 0.15) is 27.2 Å². The maximum atomic E-state index is 5.64. The minimum Gasteiger partial charge on any atom is -0.318 e. The molecule has 0 aliphatic carbocycles. The van der Waals surface area contributed by atoms with Crippen molar-refractivity contribution in [3.63, 3.8) is 0 Å². The second kappa shape index (κ2) is 8.03. The molecule has 2 heterocycles. The molecule has 0 spiro atoms. The average molecular weight is 242 g/mol. The van der Waals surface area contributed by atoms with E-state index in [1.54, 1.807) is 0 Å². The molecule has 1 unspecified atom stereocenters. The third-order valence-corrected chi connectivity index (χ3v) is 3.88. The molecule has 2 aliphatic heterocycles. The molecule has 2 aliphatic rings. The van der Waals surface area contributed by atoms with E-state index >= 15 is 0 Å². The zero-order valence-electron chi connectivity index (χ0n) is 11.9. The van der Waals surface area contributed by atoms with E-state index in [1.165, 1.54) is 39.1 Å². The molecule has 1 atom stereocenters. The molecule has 2 saturated heterocycles. The summed E-state index contributed by atoms with van der Waals surface area (Å²) in [5.41, 5.74) is 5.64. The lowest BCUT2D eigenvalue weighted by atomic mass is 10.2. The van der Waals surface area contributed by atoms with Gasteiger partial charge in [0.2, 0.25) is 0 Å². The van der Waals surface area contributed by atoms with E-state index < -0.39 is 0 Å². The summed E-state index contributed by atoms with van der Waals surface area (Å²) in [6, 6.07) is 0.810. The molecule has 2 N–H and O–H groups in total. The van der Waals surface area contributed by atoms with Gasteiger partial charge in [0.1, 0.15) is 0 Å². The lowest BCUT2D eigenvalue weighted by Crippen LogP contribution is -2.52. The number of nitrogens with zero attached hydrogens (tertiary/aromatic N) is 3. The lowest BCUT2D eigenvalue weighted by molar-refractivity contribution is 0.0996. The van der Waals surface area contributed by atoms with Crippen LogP contribution in [-0.2, 0) is 0 Å². The van der Waals surface area contributed by atoms with E-state index in [2.05, 4.69) is 21.6 Å². The first-order chi connectivity index (χ1) is 8.33. The minimum atomic E-state index is 0.722. The summed E-state index contributed by atoms with van der Waals surface area (Å²) < 4.78 is 0. The number of nitrogens with two attached hydrogens (primary N) is 1. The second-order valence-electron chi connectivity index (χ2n) is 4.67. The SMILES string of the molecule is CC.CCN1CCC(N2CCN(CN)CC2)C1. The Kier molecular flexibility index (Phi) is 7.04. The van der Waals surface area contributed by atoms with E-state index in [0.29, 0.717) is 0 Å². The monoisotopic (exact) mass is 242 g/mol. The van der Waals surface area contributed by atoms with Gasteiger partial charge in [0.25, 0.3) is 0 Å². The minimum absolute atomic E-state index is 0.722. The smallest absolute Gasteiger partial charge is 0.0456 e. The Morgan fingerprint density at radius 2 is 1.65 bits per heavy atom. The van der Waals surface area contributed by atoms with Crippen molar-refractivity contribution in [3.05, 3.63) is 0 Å². The highest BCUT2D eigenvalue weighted by atomic mass is 15.3. The predicted molar refractivity (Wildman–Crippen MR) is 74.1 cm³/mol. The summed E-state index contributed by atoms with van der Waals surface area (Å²) >= 11 is 0. The molecule has 0 radical (unpaired) electrons. The first kappa shape index (κ1) is 14.9. The van der Waals surface area contributed by atoms with E-state index in [-0.39, 0.29) is 0 Å². The highest BCUT2D eigenvalue weighted by molar-refractivity contribution is 4.85. The van der Waals surface area contributed by atoms with Crippen LogP contribution in [0, 0.1) is 0 Å². The molecular weight excluding hydrogens is 212 g/mol. The van der Waals surface area contributed by atoms with Crippen LogP contribution in [0.5, 0.6) is 0 Å². The van der Waals surface area contributed by atoms with Crippen LogP contribution in [0.4, 0.5) is 0 Å². The van der Waals surface area contributed by atoms with Gasteiger partial charge >= 0.3 is 0 Å². The average Bonchev–Trinajstić information content (AvgIpc) is 2.90. The van der Waals surface area contributed by atoms with Crippen LogP contribution in [0.3, 0.4) is 0 Å². The Labute approximate surface area is 107 Å². The van der Waals surface area contributed by atoms with E-state index in [1.807, 2.05) is 13.8 Å². The summed E-state index contributed by atoms with van der Waals surface area (Å²) in [6.45, 7) is 15.5. The molecule has 17 heavy (non-hydrogen) atoms. The number of rotatable bonds is 3. The highest BCUT2D eigenvalue weighted by Gasteiger charge is 2.28. The second-order valence-corrected chi connectivity index (χ2v) is 4.67. The predicted octanol–water partition coefficient (Wildman–Crippen LogP) is 0.641. The highest BCUT2D eigenvalue weighted by Crippen LogP contribution is 2.16. The summed E-state index contributed by atoms with van der Waals surface area (Å²) in [5.74, 6) is 0. The van der Waals surface area contributed by atoms with Crippen LogP contribution in [-0.4, -0.2) is 73.2 Å². The van der Waals surface area contributed by atoms with E-state index in [9.17, 15) is 0 Å². The maximum absolute atomic E-state index is 5.64. The molecule has 0 aromatic heterocycles. The lowest BCUT2D eigenvalue weighted by Gasteiger charge is -2.37. The fourth-order valence-electron chi connectivity index (χ4n) is 2.71. The Hall–Kier alpha value is -0.160. The van der Waals surface area contributed by atoms with Gasteiger partial charge in [-0.25, -0.2) is 0 Å². The van der Waals surface area contributed by atoms with Crippen molar-refractivity contribution in [2.45, 2.75) is 33.2 Å². The van der Waals surface area contributed by atoms with Crippen molar-refractivity contribution in [1.29, 1.82) is 0 Å². The summed E-state index contributed by atoms with van der Waals surface area (Å²) in [4.78, 5) is 7.55. The first-order valence-corrected chi connectivity index (χ1v) is 7.22. The quantitative estimate of drug-likeness (QED) is 0.788. The third kappa shape index (κ3) is 4.21. The molecule has 102 valence electrons. The number of piperazine rings is 1. The molecule has 0 saturated carbocycles. The Morgan fingerprint density at radius 3 is 2.12 bits per heavy atom. The summed E-state index contributed by atoms with van der Waals surface area (Å²) in [5, 5.41) is 0. The molecule has 4 heteroatoms. The Bertz CT molecular complexity index is 190. The molecule has 0 aromatic carbocycles. The number of hydrogen-bond acceptors (Lipinski definition) is 4.